The van der Waals surface area contributed by atoms with Gasteiger partial charge in [0.2, 0.25) is 10.0 Å². The van der Waals surface area contributed by atoms with Gasteiger partial charge >= 0.3 is 0 Å². The van der Waals surface area contributed by atoms with Gasteiger partial charge in [0, 0.05) is 13.1 Å². The fourth-order valence-electron chi connectivity index (χ4n) is 2.97. The van der Waals surface area contributed by atoms with E-state index in [1.54, 1.807) is 28.6 Å². The number of benzene rings is 1. The Morgan fingerprint density at radius 2 is 1.81 bits per heavy atom. The van der Waals surface area contributed by atoms with E-state index in [0.29, 0.717) is 36.4 Å². The van der Waals surface area contributed by atoms with Gasteiger partial charge in [-0.05, 0) is 68.5 Å². The fraction of sp³-hybridized carbons (Fsp3) is 0.684. The molecule has 0 unspecified atom stereocenters. The van der Waals surface area contributed by atoms with E-state index in [4.69, 9.17) is 4.74 Å². The molecule has 0 saturated carbocycles. The molecule has 0 bridgehead atoms. The lowest BCUT2D eigenvalue weighted by Crippen LogP contribution is -2.40. The lowest BCUT2D eigenvalue weighted by atomic mass is 9.98. The third kappa shape index (κ3) is 6.72. The highest BCUT2D eigenvalue weighted by Gasteiger charge is 2.29. The number of hydrogen-bond acceptors (Lipinski definition) is 4. The molecule has 150 valence electrons. The molecular formula is C19H33ClN2O3S. The van der Waals surface area contributed by atoms with Crippen LogP contribution < -0.4 is 10.1 Å². The second-order valence-electron chi connectivity index (χ2n) is 7.16. The van der Waals surface area contributed by atoms with Gasteiger partial charge in [-0.3, -0.25) is 0 Å². The van der Waals surface area contributed by atoms with Crippen molar-refractivity contribution in [3.63, 3.8) is 0 Å². The van der Waals surface area contributed by atoms with Crippen LogP contribution in [0, 0.1) is 11.8 Å². The molecule has 0 atom stereocenters. The lowest BCUT2D eigenvalue weighted by Gasteiger charge is -2.31. The quantitative estimate of drug-likeness (QED) is 0.683. The van der Waals surface area contributed by atoms with E-state index in [1.807, 2.05) is 0 Å². The first kappa shape index (κ1) is 23.2. The Hall–Kier alpha value is -0.820. The van der Waals surface area contributed by atoms with Crippen molar-refractivity contribution in [3.8, 4) is 5.75 Å². The molecule has 1 aromatic carbocycles. The molecule has 1 saturated heterocycles. The fourth-order valence-corrected chi connectivity index (χ4v) is 4.44. The van der Waals surface area contributed by atoms with Crippen molar-refractivity contribution >= 4 is 22.4 Å². The van der Waals surface area contributed by atoms with Gasteiger partial charge in [-0.1, -0.05) is 20.8 Å². The average Bonchev–Trinajstić information content (AvgIpc) is 2.60. The maximum atomic E-state index is 12.8. The average molecular weight is 405 g/mol. The Labute approximate surface area is 165 Å². The summed E-state index contributed by atoms with van der Waals surface area (Å²) in [4.78, 5) is 0.355. The van der Waals surface area contributed by atoms with Crippen LogP contribution in [0.2, 0.25) is 0 Å². The Morgan fingerprint density at radius 1 is 1.19 bits per heavy atom. The van der Waals surface area contributed by atoms with Gasteiger partial charge in [-0.25, -0.2) is 8.42 Å². The summed E-state index contributed by atoms with van der Waals surface area (Å²) in [7, 11) is -3.40. The molecule has 2 rings (SSSR count). The molecule has 0 aromatic heterocycles. The minimum atomic E-state index is -3.40. The number of ether oxygens (including phenoxy) is 1. The molecule has 1 aliphatic heterocycles. The van der Waals surface area contributed by atoms with E-state index in [1.165, 1.54) is 0 Å². The van der Waals surface area contributed by atoms with Gasteiger partial charge in [0.15, 0.2) is 0 Å². The number of nitrogens with zero attached hydrogens (tertiary/aromatic N) is 1. The van der Waals surface area contributed by atoms with Crippen molar-refractivity contribution in [2.45, 2.75) is 44.9 Å². The molecule has 7 heteroatoms. The van der Waals surface area contributed by atoms with Crippen LogP contribution in [-0.4, -0.2) is 45.5 Å². The van der Waals surface area contributed by atoms with Crippen LogP contribution in [0.5, 0.6) is 5.75 Å². The van der Waals surface area contributed by atoms with Crippen LogP contribution in [0.4, 0.5) is 0 Å². The van der Waals surface area contributed by atoms with Crippen molar-refractivity contribution in [1.29, 1.82) is 0 Å². The number of nitrogens with one attached hydrogen (secondary N) is 1. The van der Waals surface area contributed by atoms with Crippen LogP contribution in [0.3, 0.4) is 0 Å². The van der Waals surface area contributed by atoms with Crippen molar-refractivity contribution < 1.29 is 13.2 Å². The topological polar surface area (TPSA) is 58.6 Å². The monoisotopic (exact) mass is 404 g/mol. The van der Waals surface area contributed by atoms with Crippen molar-refractivity contribution in [2.24, 2.45) is 11.8 Å². The zero-order chi connectivity index (χ0) is 18.3. The number of piperidine rings is 1. The third-order valence-electron chi connectivity index (χ3n) is 4.68. The first-order valence-electron chi connectivity index (χ1n) is 9.37. The maximum absolute atomic E-state index is 12.8. The van der Waals surface area contributed by atoms with E-state index < -0.39 is 10.0 Å². The number of hydrogen-bond donors (Lipinski definition) is 1. The van der Waals surface area contributed by atoms with E-state index in [9.17, 15) is 8.42 Å². The molecule has 0 aliphatic carbocycles. The lowest BCUT2D eigenvalue weighted by molar-refractivity contribution is 0.268. The Bertz CT molecular complexity index is 612. The maximum Gasteiger partial charge on any atom is 0.243 e. The molecule has 1 N–H and O–H groups in total. The first-order chi connectivity index (χ1) is 11.9. The van der Waals surface area contributed by atoms with Gasteiger partial charge in [0.05, 0.1) is 11.5 Å². The first-order valence-corrected chi connectivity index (χ1v) is 10.8. The number of halogens is 1. The van der Waals surface area contributed by atoms with Gasteiger partial charge in [0.1, 0.15) is 5.75 Å². The smallest absolute Gasteiger partial charge is 0.243 e. The molecule has 5 nitrogen and oxygen atoms in total. The second kappa shape index (κ2) is 11.1. The van der Waals surface area contributed by atoms with Crippen LogP contribution >= 0.6 is 12.4 Å². The SMILES string of the molecule is CCNCC1CCN(S(=O)(=O)c2ccc(OCCC(C)C)cc2)CC1.Cl. The molecule has 26 heavy (non-hydrogen) atoms. The molecule has 1 heterocycles. The predicted octanol–water partition coefficient (Wildman–Crippen LogP) is 3.54. The van der Waals surface area contributed by atoms with E-state index in [0.717, 1.165) is 38.1 Å². The van der Waals surface area contributed by atoms with Crippen molar-refractivity contribution in [1.82, 2.24) is 9.62 Å². The highest BCUT2D eigenvalue weighted by atomic mass is 35.5. The molecule has 1 fully saturated rings. The van der Waals surface area contributed by atoms with Crippen molar-refractivity contribution in [2.75, 3.05) is 32.8 Å². The van der Waals surface area contributed by atoms with E-state index in [2.05, 4.69) is 26.1 Å². The Morgan fingerprint density at radius 3 is 2.35 bits per heavy atom. The zero-order valence-corrected chi connectivity index (χ0v) is 17.7. The van der Waals surface area contributed by atoms with Gasteiger partial charge in [-0.15, -0.1) is 12.4 Å². The highest BCUT2D eigenvalue weighted by molar-refractivity contribution is 7.89. The minimum Gasteiger partial charge on any atom is -0.494 e. The molecule has 0 radical (unpaired) electrons. The standard InChI is InChI=1S/C19H32N2O3S.ClH/c1-4-20-15-17-9-12-21(13-10-17)25(22,23)19-7-5-18(6-8-19)24-14-11-16(2)3;/h5-8,16-17,20H,4,9-15H2,1-3H3;1H. The van der Waals surface area contributed by atoms with Gasteiger partial charge in [0.25, 0.3) is 0 Å². The normalized spacial score (nSPS) is 16.5. The third-order valence-corrected chi connectivity index (χ3v) is 6.59. The van der Waals surface area contributed by atoms with Gasteiger partial charge < -0.3 is 10.1 Å². The summed E-state index contributed by atoms with van der Waals surface area (Å²) in [6, 6.07) is 6.83. The van der Waals surface area contributed by atoms with Crippen LogP contribution in [-0.2, 0) is 10.0 Å². The molecule has 1 aromatic rings. The highest BCUT2D eigenvalue weighted by Crippen LogP contribution is 2.25. The zero-order valence-electron chi connectivity index (χ0n) is 16.1. The molecular weight excluding hydrogens is 372 g/mol. The van der Waals surface area contributed by atoms with Crippen LogP contribution in [0.1, 0.15) is 40.0 Å². The summed E-state index contributed by atoms with van der Waals surface area (Å²) < 4.78 is 32.9. The Kier molecular flexibility index (Phi) is 9.93. The molecule has 0 spiro atoms. The molecule has 1 aliphatic rings. The largest absolute Gasteiger partial charge is 0.494 e. The van der Waals surface area contributed by atoms with Crippen LogP contribution in [0.25, 0.3) is 0 Å². The Balaban J connectivity index is 0.00000338. The molecule has 0 amide bonds. The summed E-state index contributed by atoms with van der Waals surface area (Å²) in [5, 5.41) is 3.35. The van der Waals surface area contributed by atoms with Gasteiger partial charge in [-0.2, -0.15) is 4.31 Å². The number of rotatable bonds is 9. The summed E-state index contributed by atoms with van der Waals surface area (Å²) in [6.07, 6.45) is 2.83. The summed E-state index contributed by atoms with van der Waals surface area (Å²) in [6.45, 7) is 10.2. The summed E-state index contributed by atoms with van der Waals surface area (Å²) in [5.74, 6) is 1.89. The van der Waals surface area contributed by atoms with E-state index in [-0.39, 0.29) is 12.4 Å². The minimum absolute atomic E-state index is 0. The van der Waals surface area contributed by atoms with Crippen molar-refractivity contribution in [3.05, 3.63) is 24.3 Å². The summed E-state index contributed by atoms with van der Waals surface area (Å²) >= 11 is 0. The predicted molar refractivity (Wildman–Crippen MR) is 109 cm³/mol. The van der Waals surface area contributed by atoms with Crippen LogP contribution in [0.15, 0.2) is 29.2 Å². The second-order valence-corrected chi connectivity index (χ2v) is 9.10. The summed E-state index contributed by atoms with van der Waals surface area (Å²) in [5.41, 5.74) is 0. The van der Waals surface area contributed by atoms with E-state index >= 15 is 0 Å². The number of sulfonamides is 1.